The summed E-state index contributed by atoms with van der Waals surface area (Å²) < 4.78 is 0. The van der Waals surface area contributed by atoms with Gasteiger partial charge in [0.05, 0.1) is 17.2 Å². The van der Waals surface area contributed by atoms with Crippen molar-refractivity contribution < 1.29 is 9.90 Å². The summed E-state index contributed by atoms with van der Waals surface area (Å²) in [7, 11) is 0. The van der Waals surface area contributed by atoms with E-state index in [1.165, 1.54) is 6.20 Å². The molecular weight excluding hydrogens is 232 g/mol. The lowest BCUT2D eigenvalue weighted by Crippen LogP contribution is -2.10. The molecule has 1 aromatic heterocycles. The molecule has 0 spiro atoms. The van der Waals surface area contributed by atoms with Crippen molar-refractivity contribution in [3.05, 3.63) is 58.0 Å². The number of nitrogens with zero attached hydrogens (tertiary/aromatic N) is 1. The maximum Gasteiger partial charge on any atom is 0.336 e. The van der Waals surface area contributed by atoms with Crippen molar-refractivity contribution in [2.75, 3.05) is 0 Å². The summed E-state index contributed by atoms with van der Waals surface area (Å²) in [4.78, 5) is 24.6. The number of aromatic amines is 1. The van der Waals surface area contributed by atoms with E-state index in [-0.39, 0.29) is 5.56 Å². The molecule has 0 atom stereocenters. The Morgan fingerprint density at radius 2 is 2.11 bits per heavy atom. The van der Waals surface area contributed by atoms with E-state index in [2.05, 4.69) is 4.98 Å². The maximum atomic E-state index is 11.1. The first-order valence-electron chi connectivity index (χ1n) is 5.08. The van der Waals surface area contributed by atoms with Crippen LogP contribution in [0.3, 0.4) is 0 Å². The summed E-state index contributed by atoms with van der Waals surface area (Å²) in [6.45, 7) is 0. The van der Waals surface area contributed by atoms with Crippen LogP contribution in [-0.4, -0.2) is 16.1 Å². The van der Waals surface area contributed by atoms with Crippen LogP contribution in [0.2, 0.25) is 0 Å². The predicted molar refractivity (Wildman–Crippen MR) is 64.2 cm³/mol. The summed E-state index contributed by atoms with van der Waals surface area (Å²) >= 11 is 0. The summed E-state index contributed by atoms with van der Waals surface area (Å²) in [6.07, 6.45) is 1.34. The molecule has 0 unspecified atom stereocenters. The van der Waals surface area contributed by atoms with Crippen LogP contribution in [0.5, 0.6) is 0 Å². The molecule has 0 bridgehead atoms. The van der Waals surface area contributed by atoms with Crippen molar-refractivity contribution in [3.8, 4) is 17.2 Å². The first-order chi connectivity index (χ1) is 8.61. The highest BCUT2D eigenvalue weighted by molar-refractivity contribution is 5.95. The molecule has 0 aliphatic heterocycles. The monoisotopic (exact) mass is 240 g/mol. The molecule has 0 saturated carbocycles. The minimum absolute atomic E-state index is 0.0890. The van der Waals surface area contributed by atoms with Crippen molar-refractivity contribution in [2.45, 2.75) is 0 Å². The first-order valence-corrected chi connectivity index (χ1v) is 5.08. The normalized spacial score (nSPS) is 9.72. The van der Waals surface area contributed by atoms with Gasteiger partial charge in [0.2, 0.25) is 5.56 Å². The number of rotatable bonds is 2. The van der Waals surface area contributed by atoms with E-state index in [1.54, 1.807) is 24.3 Å². The van der Waals surface area contributed by atoms with Crippen LogP contribution in [0.15, 0.2) is 41.3 Å². The molecule has 2 rings (SSSR count). The summed E-state index contributed by atoms with van der Waals surface area (Å²) in [5, 5.41) is 17.9. The standard InChI is InChI=1S/C13H8N2O3/c14-6-8-2-1-3-9(4-8)11-7-15-12(16)5-10(11)13(17)18/h1-5,7H,(H,15,16)(H,17,18). The zero-order valence-electron chi connectivity index (χ0n) is 9.18. The molecule has 0 aliphatic rings. The van der Waals surface area contributed by atoms with E-state index in [4.69, 9.17) is 10.4 Å². The van der Waals surface area contributed by atoms with Gasteiger partial charge in [-0.1, -0.05) is 12.1 Å². The number of carboxylic acids is 1. The predicted octanol–water partition coefficient (Wildman–Crippen LogP) is 1.61. The Kier molecular flexibility index (Phi) is 2.94. The average molecular weight is 240 g/mol. The van der Waals surface area contributed by atoms with Crippen LogP contribution in [0.25, 0.3) is 11.1 Å². The molecule has 5 heteroatoms. The Balaban J connectivity index is 2.67. The lowest BCUT2D eigenvalue weighted by Gasteiger charge is -2.05. The molecule has 0 saturated heterocycles. The molecule has 18 heavy (non-hydrogen) atoms. The number of H-pyrrole nitrogens is 1. The zero-order chi connectivity index (χ0) is 13.1. The van der Waals surface area contributed by atoms with Crippen LogP contribution < -0.4 is 5.56 Å². The second kappa shape index (κ2) is 4.55. The first kappa shape index (κ1) is 11.6. The Bertz CT molecular complexity index is 711. The second-order valence-corrected chi connectivity index (χ2v) is 3.62. The third-order valence-corrected chi connectivity index (χ3v) is 2.46. The Morgan fingerprint density at radius 3 is 2.78 bits per heavy atom. The van der Waals surface area contributed by atoms with E-state index < -0.39 is 11.5 Å². The van der Waals surface area contributed by atoms with Crippen LogP contribution >= 0.6 is 0 Å². The molecule has 0 aliphatic carbocycles. The molecule has 1 aromatic carbocycles. The topological polar surface area (TPSA) is 94.0 Å². The summed E-state index contributed by atoms with van der Waals surface area (Å²) in [6, 6.07) is 9.53. The molecule has 0 radical (unpaired) electrons. The molecule has 2 N–H and O–H groups in total. The lowest BCUT2D eigenvalue weighted by atomic mass is 10.0. The van der Waals surface area contributed by atoms with Crippen molar-refractivity contribution in [2.24, 2.45) is 0 Å². The Hall–Kier alpha value is -2.87. The minimum atomic E-state index is -1.18. The minimum Gasteiger partial charge on any atom is -0.478 e. The third kappa shape index (κ3) is 2.13. The van der Waals surface area contributed by atoms with Crippen molar-refractivity contribution >= 4 is 5.97 Å². The maximum absolute atomic E-state index is 11.1. The highest BCUT2D eigenvalue weighted by Crippen LogP contribution is 2.22. The molecule has 0 amide bonds. The molecule has 2 aromatic rings. The van der Waals surface area contributed by atoms with Gasteiger partial charge in [-0.25, -0.2) is 4.79 Å². The smallest absolute Gasteiger partial charge is 0.336 e. The van der Waals surface area contributed by atoms with Crippen molar-refractivity contribution in [1.82, 2.24) is 4.98 Å². The van der Waals surface area contributed by atoms with Gasteiger partial charge >= 0.3 is 5.97 Å². The zero-order valence-corrected chi connectivity index (χ0v) is 9.18. The van der Waals surface area contributed by atoms with Gasteiger partial charge in [-0.2, -0.15) is 5.26 Å². The van der Waals surface area contributed by atoms with Gasteiger partial charge in [0.25, 0.3) is 0 Å². The van der Waals surface area contributed by atoms with Gasteiger partial charge in [-0.15, -0.1) is 0 Å². The Morgan fingerprint density at radius 1 is 1.33 bits per heavy atom. The number of pyridine rings is 1. The third-order valence-electron chi connectivity index (χ3n) is 2.46. The fraction of sp³-hybridized carbons (Fsp3) is 0. The molecule has 5 nitrogen and oxygen atoms in total. The number of hydrogen-bond acceptors (Lipinski definition) is 3. The van der Waals surface area contributed by atoms with E-state index in [0.29, 0.717) is 16.7 Å². The van der Waals surface area contributed by atoms with Crippen LogP contribution in [-0.2, 0) is 0 Å². The van der Waals surface area contributed by atoms with Gasteiger partial charge in [0, 0.05) is 17.8 Å². The largest absolute Gasteiger partial charge is 0.478 e. The SMILES string of the molecule is N#Cc1cccc(-c2c[nH]c(=O)cc2C(=O)O)c1. The van der Waals surface area contributed by atoms with E-state index in [1.807, 2.05) is 6.07 Å². The summed E-state index contributed by atoms with van der Waals surface area (Å²) in [5.74, 6) is -1.18. The highest BCUT2D eigenvalue weighted by Gasteiger charge is 2.12. The van der Waals surface area contributed by atoms with Gasteiger partial charge in [0.1, 0.15) is 0 Å². The summed E-state index contributed by atoms with van der Waals surface area (Å²) in [5.41, 5.74) is 0.804. The molecule has 88 valence electrons. The van der Waals surface area contributed by atoms with Crippen molar-refractivity contribution in [3.63, 3.8) is 0 Å². The number of carboxylic acid groups (broad SMARTS) is 1. The van der Waals surface area contributed by atoms with E-state index in [9.17, 15) is 9.59 Å². The fourth-order valence-electron chi connectivity index (χ4n) is 1.64. The van der Waals surface area contributed by atoms with E-state index >= 15 is 0 Å². The van der Waals surface area contributed by atoms with Crippen molar-refractivity contribution in [1.29, 1.82) is 5.26 Å². The van der Waals surface area contributed by atoms with Crippen LogP contribution in [0, 0.1) is 11.3 Å². The molecule has 0 fully saturated rings. The Labute approximate surface area is 102 Å². The van der Waals surface area contributed by atoms with Gasteiger partial charge in [-0.3, -0.25) is 4.79 Å². The van der Waals surface area contributed by atoms with Gasteiger partial charge in [0.15, 0.2) is 0 Å². The van der Waals surface area contributed by atoms with Crippen LogP contribution in [0.4, 0.5) is 0 Å². The van der Waals surface area contributed by atoms with Gasteiger partial charge in [-0.05, 0) is 17.7 Å². The number of benzene rings is 1. The fourth-order valence-corrected chi connectivity index (χ4v) is 1.64. The lowest BCUT2D eigenvalue weighted by molar-refractivity contribution is 0.0697. The number of aromatic carboxylic acids is 1. The average Bonchev–Trinajstić information content (AvgIpc) is 2.38. The quantitative estimate of drug-likeness (QED) is 0.833. The molecular formula is C13H8N2O3. The van der Waals surface area contributed by atoms with Crippen LogP contribution in [0.1, 0.15) is 15.9 Å². The highest BCUT2D eigenvalue weighted by atomic mass is 16.4. The second-order valence-electron chi connectivity index (χ2n) is 3.62. The number of carbonyl (C=O) groups is 1. The van der Waals surface area contributed by atoms with E-state index in [0.717, 1.165) is 6.07 Å². The number of aromatic nitrogens is 1. The number of nitriles is 1. The van der Waals surface area contributed by atoms with Gasteiger partial charge < -0.3 is 10.1 Å². The number of hydrogen-bond donors (Lipinski definition) is 2. The molecule has 1 heterocycles. The number of nitrogens with one attached hydrogen (secondary N) is 1.